The fourth-order valence-electron chi connectivity index (χ4n) is 3.61. The number of carbonyl (C=O) groups is 1. The van der Waals surface area contributed by atoms with Gasteiger partial charge < -0.3 is 19.6 Å². The first-order chi connectivity index (χ1) is 13.8. The summed E-state index contributed by atoms with van der Waals surface area (Å²) < 4.78 is 32.8. The van der Waals surface area contributed by atoms with E-state index in [-0.39, 0.29) is 22.6 Å². The number of fused-ring (bicyclic) bond motifs is 3. The van der Waals surface area contributed by atoms with Crippen LogP contribution in [0, 0.1) is 0 Å². The molecule has 0 unspecified atom stereocenters. The van der Waals surface area contributed by atoms with Gasteiger partial charge in [-0.3, -0.25) is 4.79 Å². The predicted molar refractivity (Wildman–Crippen MR) is 109 cm³/mol. The summed E-state index contributed by atoms with van der Waals surface area (Å²) in [5, 5.41) is 0.830. The maximum Gasteiger partial charge on any atom is 0.340 e. The van der Waals surface area contributed by atoms with Crippen LogP contribution in [0.4, 0.5) is 0 Å². The Balaban J connectivity index is 1.90. The highest BCUT2D eigenvalue weighted by Crippen LogP contribution is 2.28. The second-order valence-corrected chi connectivity index (χ2v) is 8.98. The van der Waals surface area contributed by atoms with E-state index in [0.717, 1.165) is 0 Å². The van der Waals surface area contributed by atoms with Crippen LogP contribution in [0.3, 0.4) is 0 Å². The third kappa shape index (κ3) is 3.33. The van der Waals surface area contributed by atoms with Gasteiger partial charge in [-0.25, -0.2) is 13.2 Å². The maximum atomic E-state index is 13.1. The van der Waals surface area contributed by atoms with Gasteiger partial charge in [0.2, 0.25) is 10.0 Å². The minimum atomic E-state index is -3.69. The molecule has 3 aromatic rings. The van der Waals surface area contributed by atoms with Gasteiger partial charge in [-0.15, -0.1) is 0 Å². The molecule has 4 rings (SSSR count). The molecule has 154 valence electrons. The summed E-state index contributed by atoms with van der Waals surface area (Å²) in [6.45, 7) is 4.03. The third-order valence-corrected chi connectivity index (χ3v) is 7.11. The van der Waals surface area contributed by atoms with Gasteiger partial charge in [-0.05, 0) is 32.2 Å². The zero-order chi connectivity index (χ0) is 20.8. The van der Waals surface area contributed by atoms with Crippen LogP contribution >= 0.6 is 0 Å². The smallest absolute Gasteiger partial charge is 0.340 e. The Bertz CT molecular complexity index is 1250. The molecule has 0 radical (unpaired) electrons. The molecule has 0 atom stereocenters. The molecule has 0 spiro atoms. The molecule has 0 aliphatic carbocycles. The zero-order valence-electron chi connectivity index (χ0n) is 16.2. The summed E-state index contributed by atoms with van der Waals surface area (Å²) in [5.41, 5.74) is 0.462. The Morgan fingerprint density at radius 3 is 2.62 bits per heavy atom. The molecule has 0 saturated carbocycles. The van der Waals surface area contributed by atoms with Crippen LogP contribution in [0.25, 0.3) is 21.8 Å². The minimum absolute atomic E-state index is 0.124. The zero-order valence-corrected chi connectivity index (χ0v) is 17.0. The molecule has 2 aromatic heterocycles. The van der Waals surface area contributed by atoms with Crippen LogP contribution in [0.5, 0.6) is 0 Å². The van der Waals surface area contributed by atoms with Crippen molar-refractivity contribution in [3.05, 3.63) is 40.3 Å². The van der Waals surface area contributed by atoms with Gasteiger partial charge in [0, 0.05) is 48.7 Å². The second-order valence-electron chi connectivity index (χ2n) is 7.04. The number of nitrogens with zero attached hydrogens (tertiary/aromatic N) is 2. The quantitative estimate of drug-likeness (QED) is 0.614. The first-order valence-corrected chi connectivity index (χ1v) is 10.8. The van der Waals surface area contributed by atoms with E-state index in [1.807, 2.05) is 7.05 Å². The lowest BCUT2D eigenvalue weighted by atomic mass is 10.1. The number of carbonyl (C=O) groups excluding carboxylic acids is 1. The van der Waals surface area contributed by atoms with E-state index in [4.69, 9.17) is 4.74 Å². The first-order valence-electron chi connectivity index (χ1n) is 9.36. The fourth-order valence-corrected chi connectivity index (χ4v) is 5.06. The van der Waals surface area contributed by atoms with E-state index >= 15 is 0 Å². The van der Waals surface area contributed by atoms with E-state index in [1.54, 1.807) is 13.0 Å². The highest BCUT2D eigenvalue weighted by Gasteiger charge is 2.28. The van der Waals surface area contributed by atoms with E-state index in [9.17, 15) is 18.0 Å². The second kappa shape index (κ2) is 7.29. The molecule has 1 saturated heterocycles. The van der Waals surface area contributed by atoms with Crippen molar-refractivity contribution in [1.82, 2.24) is 19.2 Å². The van der Waals surface area contributed by atoms with E-state index in [1.165, 1.54) is 22.6 Å². The van der Waals surface area contributed by atoms with Crippen LogP contribution in [0.15, 0.2) is 34.1 Å². The van der Waals surface area contributed by atoms with E-state index in [0.29, 0.717) is 42.5 Å². The minimum Gasteiger partial charge on any atom is -0.462 e. The molecule has 0 amide bonds. The summed E-state index contributed by atoms with van der Waals surface area (Å²) in [6, 6.07) is 4.55. The van der Waals surface area contributed by atoms with Gasteiger partial charge in [-0.2, -0.15) is 4.31 Å². The average molecular weight is 418 g/mol. The van der Waals surface area contributed by atoms with Crippen molar-refractivity contribution in [3.8, 4) is 0 Å². The molecular weight excluding hydrogens is 396 g/mol. The maximum absolute atomic E-state index is 13.1. The van der Waals surface area contributed by atoms with Gasteiger partial charge in [0.25, 0.3) is 5.56 Å². The molecule has 9 nitrogen and oxygen atoms in total. The number of aromatic amines is 2. The molecule has 1 aromatic carbocycles. The summed E-state index contributed by atoms with van der Waals surface area (Å²) >= 11 is 0. The number of likely N-dealkylation sites (N-methyl/N-ethyl adjacent to an activating group) is 1. The predicted octanol–water partition coefficient (Wildman–Crippen LogP) is 1.12. The Morgan fingerprint density at radius 1 is 1.21 bits per heavy atom. The fraction of sp³-hybridized carbons (Fsp3) is 0.368. The monoisotopic (exact) mass is 418 g/mol. The number of nitrogens with one attached hydrogen (secondary N) is 2. The van der Waals surface area contributed by atoms with Crippen LogP contribution in [-0.2, 0) is 14.8 Å². The van der Waals surface area contributed by atoms with Gasteiger partial charge in [0.15, 0.2) is 0 Å². The number of sulfonamides is 1. The lowest BCUT2D eigenvalue weighted by Gasteiger charge is -2.31. The third-order valence-electron chi connectivity index (χ3n) is 5.21. The number of hydrogen-bond donors (Lipinski definition) is 2. The van der Waals surface area contributed by atoms with Crippen molar-refractivity contribution in [2.24, 2.45) is 0 Å². The molecule has 10 heteroatoms. The summed E-state index contributed by atoms with van der Waals surface area (Å²) in [6.07, 6.45) is 1.42. The van der Waals surface area contributed by atoms with Crippen LogP contribution in [-0.4, -0.2) is 73.4 Å². The highest BCUT2D eigenvalue weighted by atomic mass is 32.2. The lowest BCUT2D eigenvalue weighted by Crippen LogP contribution is -2.47. The molecule has 3 heterocycles. The van der Waals surface area contributed by atoms with E-state index < -0.39 is 21.6 Å². The van der Waals surface area contributed by atoms with Crippen LogP contribution < -0.4 is 5.56 Å². The molecular formula is C19H22N4O5S. The Kier molecular flexibility index (Phi) is 4.93. The van der Waals surface area contributed by atoms with Gasteiger partial charge in [-0.1, -0.05) is 0 Å². The van der Waals surface area contributed by atoms with Crippen LogP contribution in [0.2, 0.25) is 0 Å². The largest absolute Gasteiger partial charge is 0.462 e. The standard InChI is InChI=1S/C19H22N4O5S/c1-3-28-19(25)14-11-20-17-16(14)13-10-12(4-5-15(13)21-18(17)24)29(26,27)23-8-6-22(2)7-9-23/h4-5,10-11,20H,3,6-9H2,1-2H3,(H,21,24). The molecule has 1 aliphatic heterocycles. The van der Waals surface area contributed by atoms with Crippen molar-refractivity contribution in [3.63, 3.8) is 0 Å². The summed E-state index contributed by atoms with van der Waals surface area (Å²) in [4.78, 5) is 32.5. The average Bonchev–Trinajstić information content (AvgIpc) is 3.14. The molecule has 0 bridgehead atoms. The molecule has 29 heavy (non-hydrogen) atoms. The first kappa shape index (κ1) is 19.6. The number of H-pyrrole nitrogens is 2. The van der Waals surface area contributed by atoms with Crippen molar-refractivity contribution >= 4 is 37.8 Å². The number of piperazine rings is 1. The topological polar surface area (TPSA) is 116 Å². The summed E-state index contributed by atoms with van der Waals surface area (Å²) in [7, 11) is -1.74. The Morgan fingerprint density at radius 2 is 1.93 bits per heavy atom. The molecule has 1 fully saturated rings. The van der Waals surface area contributed by atoms with Crippen molar-refractivity contribution < 1.29 is 17.9 Å². The number of esters is 1. The van der Waals surface area contributed by atoms with Crippen molar-refractivity contribution in [2.45, 2.75) is 11.8 Å². The lowest BCUT2D eigenvalue weighted by molar-refractivity contribution is 0.0529. The van der Waals surface area contributed by atoms with E-state index in [2.05, 4.69) is 14.9 Å². The number of benzene rings is 1. The Labute approximate surface area is 167 Å². The van der Waals surface area contributed by atoms with Crippen molar-refractivity contribution in [1.29, 1.82) is 0 Å². The molecule has 2 N–H and O–H groups in total. The number of aromatic nitrogens is 2. The van der Waals surface area contributed by atoms with Gasteiger partial charge in [0.1, 0.15) is 5.52 Å². The van der Waals surface area contributed by atoms with Crippen molar-refractivity contribution in [2.75, 3.05) is 39.8 Å². The van der Waals surface area contributed by atoms with Gasteiger partial charge >= 0.3 is 5.97 Å². The van der Waals surface area contributed by atoms with Gasteiger partial charge in [0.05, 0.1) is 17.1 Å². The Hall–Kier alpha value is -2.69. The number of ether oxygens (including phenoxy) is 1. The SMILES string of the molecule is CCOC(=O)c1c[nH]c2c(=O)[nH]c3ccc(S(=O)(=O)N4CCN(C)CC4)cc3c12. The summed E-state index contributed by atoms with van der Waals surface area (Å²) in [5.74, 6) is -0.571. The number of hydrogen-bond acceptors (Lipinski definition) is 6. The number of pyridine rings is 1. The highest BCUT2D eigenvalue weighted by molar-refractivity contribution is 7.89. The normalized spacial score (nSPS) is 16.5. The number of rotatable bonds is 4. The molecule has 1 aliphatic rings. The van der Waals surface area contributed by atoms with Crippen LogP contribution in [0.1, 0.15) is 17.3 Å².